The number of urea groups is 1. The highest BCUT2D eigenvalue weighted by Gasteiger charge is 2.04. The third-order valence-electron chi connectivity index (χ3n) is 2.56. The quantitative estimate of drug-likeness (QED) is 0.714. The highest BCUT2D eigenvalue weighted by atomic mass is 79.9. The molecule has 0 saturated heterocycles. The van der Waals surface area contributed by atoms with Crippen LogP contribution in [0.5, 0.6) is 0 Å². The zero-order valence-corrected chi connectivity index (χ0v) is 13.8. The zero-order valence-electron chi connectivity index (χ0n) is 10.7. The van der Waals surface area contributed by atoms with Gasteiger partial charge in [-0.3, -0.25) is 0 Å². The Labute approximate surface area is 141 Å². The van der Waals surface area contributed by atoms with E-state index < -0.39 is 0 Å². The van der Waals surface area contributed by atoms with Crippen molar-refractivity contribution in [1.82, 2.24) is 5.32 Å². The number of carbonyl (C=O) groups excluding carboxylic acids is 1. The molecular weight excluding hydrogens is 375 g/mol. The van der Waals surface area contributed by atoms with Gasteiger partial charge in [0.15, 0.2) is 0 Å². The van der Waals surface area contributed by atoms with Crippen LogP contribution in [0.1, 0.15) is 5.56 Å². The van der Waals surface area contributed by atoms with Gasteiger partial charge < -0.3 is 10.6 Å². The molecule has 2 aromatic carbocycles. The molecule has 0 aliphatic carbocycles. The standard InChI is InChI=1S/C15H11BrCl2N2O/c16-12-4-2-1-3-10(12)7-8-19-15(21)20-14-6-5-11(17)9-13(14)18/h1-9H,(H2,19,20,21)/b8-7+. The fourth-order valence-electron chi connectivity index (χ4n) is 1.57. The second-order valence-corrected chi connectivity index (χ2v) is 5.78. The molecule has 21 heavy (non-hydrogen) atoms. The Kier molecular flexibility index (Phi) is 5.67. The summed E-state index contributed by atoms with van der Waals surface area (Å²) in [5.41, 5.74) is 1.45. The van der Waals surface area contributed by atoms with Crippen molar-refractivity contribution in [3.05, 3.63) is 68.7 Å². The van der Waals surface area contributed by atoms with Crippen LogP contribution in [0.4, 0.5) is 10.5 Å². The van der Waals surface area contributed by atoms with Crippen LogP contribution >= 0.6 is 39.1 Å². The van der Waals surface area contributed by atoms with Gasteiger partial charge in [0.1, 0.15) is 0 Å². The number of halogens is 3. The highest BCUT2D eigenvalue weighted by molar-refractivity contribution is 9.10. The van der Waals surface area contributed by atoms with E-state index in [0.29, 0.717) is 15.7 Å². The van der Waals surface area contributed by atoms with E-state index in [4.69, 9.17) is 23.2 Å². The first-order chi connectivity index (χ1) is 10.1. The first-order valence-corrected chi connectivity index (χ1v) is 7.55. The van der Waals surface area contributed by atoms with Crippen molar-refractivity contribution in [1.29, 1.82) is 0 Å². The van der Waals surface area contributed by atoms with Crippen molar-refractivity contribution in [3.63, 3.8) is 0 Å². The van der Waals surface area contributed by atoms with Crippen molar-refractivity contribution in [3.8, 4) is 0 Å². The van der Waals surface area contributed by atoms with Gasteiger partial charge in [-0.1, -0.05) is 57.3 Å². The van der Waals surface area contributed by atoms with E-state index >= 15 is 0 Å². The van der Waals surface area contributed by atoms with Crippen LogP contribution in [0.2, 0.25) is 10.0 Å². The molecule has 2 rings (SSSR count). The number of nitrogens with one attached hydrogen (secondary N) is 2. The molecule has 0 spiro atoms. The summed E-state index contributed by atoms with van der Waals surface area (Å²) in [6.45, 7) is 0. The van der Waals surface area contributed by atoms with Crippen LogP contribution in [0.25, 0.3) is 6.08 Å². The Morgan fingerprint density at radius 3 is 2.62 bits per heavy atom. The second-order valence-electron chi connectivity index (χ2n) is 4.08. The first-order valence-electron chi connectivity index (χ1n) is 6.00. The van der Waals surface area contributed by atoms with E-state index in [9.17, 15) is 4.79 Å². The molecule has 0 aromatic heterocycles. The first kappa shape index (κ1) is 15.9. The molecule has 0 aliphatic heterocycles. The molecule has 0 fully saturated rings. The molecule has 0 aliphatic rings. The average molecular weight is 386 g/mol. The third-order valence-corrected chi connectivity index (χ3v) is 3.83. The van der Waals surface area contributed by atoms with Gasteiger partial charge in [-0.05, 0) is 35.9 Å². The Balaban J connectivity index is 1.95. The van der Waals surface area contributed by atoms with Gasteiger partial charge in [0.05, 0.1) is 10.7 Å². The minimum atomic E-state index is -0.387. The van der Waals surface area contributed by atoms with E-state index in [2.05, 4.69) is 26.6 Å². The van der Waals surface area contributed by atoms with Crippen LogP contribution < -0.4 is 10.6 Å². The smallest absolute Gasteiger partial charge is 0.314 e. The van der Waals surface area contributed by atoms with Gasteiger partial charge in [-0.2, -0.15) is 0 Å². The van der Waals surface area contributed by atoms with Crippen molar-refractivity contribution in [2.45, 2.75) is 0 Å². The monoisotopic (exact) mass is 384 g/mol. The molecular formula is C15H11BrCl2N2O. The lowest BCUT2D eigenvalue weighted by molar-refractivity contribution is 0.255. The van der Waals surface area contributed by atoms with Crippen LogP contribution in [-0.2, 0) is 0 Å². The predicted molar refractivity (Wildman–Crippen MR) is 91.8 cm³/mol. The molecule has 108 valence electrons. The molecule has 0 unspecified atom stereocenters. The second kappa shape index (κ2) is 7.50. The van der Waals surface area contributed by atoms with Crippen LogP contribution in [0.15, 0.2) is 53.1 Å². The maximum atomic E-state index is 11.7. The van der Waals surface area contributed by atoms with Crippen molar-refractivity contribution in [2.24, 2.45) is 0 Å². The Bertz CT molecular complexity index is 689. The van der Waals surface area contributed by atoms with Gasteiger partial charge in [-0.25, -0.2) is 4.79 Å². The van der Waals surface area contributed by atoms with Gasteiger partial charge in [0.25, 0.3) is 0 Å². The van der Waals surface area contributed by atoms with Crippen molar-refractivity contribution >= 4 is 56.9 Å². The topological polar surface area (TPSA) is 41.1 Å². The number of hydrogen-bond acceptors (Lipinski definition) is 1. The van der Waals surface area contributed by atoms with Crippen molar-refractivity contribution < 1.29 is 4.79 Å². The molecule has 6 heteroatoms. The summed E-state index contributed by atoms with van der Waals surface area (Å²) >= 11 is 15.2. The lowest BCUT2D eigenvalue weighted by Gasteiger charge is -2.07. The average Bonchev–Trinajstić information content (AvgIpc) is 2.44. The predicted octanol–water partition coefficient (Wildman–Crippen LogP) is 5.55. The lowest BCUT2D eigenvalue weighted by Crippen LogP contribution is -2.23. The summed E-state index contributed by atoms with van der Waals surface area (Å²) in [6.07, 6.45) is 3.34. The number of amides is 2. The molecule has 0 radical (unpaired) electrons. The summed E-state index contributed by atoms with van der Waals surface area (Å²) in [7, 11) is 0. The SMILES string of the molecule is O=C(N/C=C/c1ccccc1Br)Nc1ccc(Cl)cc1Cl. The molecule has 0 atom stereocenters. The fraction of sp³-hybridized carbons (Fsp3) is 0. The summed E-state index contributed by atoms with van der Waals surface area (Å²) in [5, 5.41) is 6.14. The fourth-order valence-corrected chi connectivity index (χ4v) is 2.44. The third kappa shape index (κ3) is 4.77. The highest BCUT2D eigenvalue weighted by Crippen LogP contribution is 2.25. The Morgan fingerprint density at radius 2 is 1.90 bits per heavy atom. The molecule has 2 amide bonds. The molecule has 2 N–H and O–H groups in total. The Morgan fingerprint density at radius 1 is 1.14 bits per heavy atom. The number of anilines is 1. The van der Waals surface area contributed by atoms with Crippen LogP contribution in [0, 0.1) is 0 Å². The summed E-state index contributed by atoms with van der Waals surface area (Å²) in [6, 6.07) is 12.2. The number of rotatable bonds is 3. The van der Waals surface area contributed by atoms with E-state index in [1.54, 1.807) is 30.5 Å². The lowest BCUT2D eigenvalue weighted by atomic mass is 10.2. The van der Waals surface area contributed by atoms with E-state index in [1.807, 2.05) is 24.3 Å². The zero-order chi connectivity index (χ0) is 15.2. The van der Waals surface area contributed by atoms with E-state index in [-0.39, 0.29) is 6.03 Å². The Hall–Kier alpha value is -1.49. The van der Waals surface area contributed by atoms with Crippen molar-refractivity contribution in [2.75, 3.05) is 5.32 Å². The van der Waals surface area contributed by atoms with Crippen LogP contribution in [0.3, 0.4) is 0 Å². The minimum Gasteiger partial charge on any atom is -0.314 e. The van der Waals surface area contributed by atoms with Gasteiger partial charge in [0.2, 0.25) is 0 Å². The summed E-state index contributed by atoms with van der Waals surface area (Å²) in [5.74, 6) is 0. The van der Waals surface area contributed by atoms with Gasteiger partial charge in [-0.15, -0.1) is 0 Å². The van der Waals surface area contributed by atoms with E-state index in [1.165, 1.54) is 0 Å². The normalized spacial score (nSPS) is 10.6. The molecule has 0 bridgehead atoms. The maximum absolute atomic E-state index is 11.7. The van der Waals surface area contributed by atoms with Crippen LogP contribution in [-0.4, -0.2) is 6.03 Å². The maximum Gasteiger partial charge on any atom is 0.323 e. The molecule has 3 nitrogen and oxygen atoms in total. The summed E-state index contributed by atoms with van der Waals surface area (Å²) < 4.78 is 0.948. The van der Waals surface area contributed by atoms with Gasteiger partial charge in [0, 0.05) is 15.7 Å². The van der Waals surface area contributed by atoms with E-state index in [0.717, 1.165) is 10.0 Å². The van der Waals surface area contributed by atoms with Gasteiger partial charge >= 0.3 is 6.03 Å². The number of carbonyl (C=O) groups is 1. The number of benzene rings is 2. The number of hydrogen-bond donors (Lipinski definition) is 2. The molecule has 2 aromatic rings. The summed E-state index contributed by atoms with van der Waals surface area (Å²) in [4.78, 5) is 11.7. The molecule has 0 heterocycles. The largest absolute Gasteiger partial charge is 0.323 e. The minimum absolute atomic E-state index is 0.382. The molecule has 0 saturated carbocycles.